The zero-order chi connectivity index (χ0) is 19.4. The van der Waals surface area contributed by atoms with Crippen LogP contribution in [0.3, 0.4) is 0 Å². The lowest BCUT2D eigenvalue weighted by atomic mass is 9.76. The third kappa shape index (κ3) is 2.68. The Balaban J connectivity index is 2.10. The topological polar surface area (TPSA) is 101 Å². The van der Waals surface area contributed by atoms with Gasteiger partial charge in [-0.05, 0) is 32.8 Å². The molecule has 1 aliphatic heterocycles. The number of hydrogen-bond donors (Lipinski definition) is 2. The summed E-state index contributed by atoms with van der Waals surface area (Å²) < 4.78 is 5.35. The molecule has 0 unspecified atom stereocenters. The highest BCUT2D eigenvalue weighted by Gasteiger charge is 2.54. The Morgan fingerprint density at radius 3 is 2.62 bits per heavy atom. The van der Waals surface area contributed by atoms with Crippen molar-refractivity contribution >= 4 is 17.5 Å². The fourth-order valence-electron chi connectivity index (χ4n) is 4.21. The van der Waals surface area contributed by atoms with Gasteiger partial charge in [-0.3, -0.25) is 9.59 Å². The second-order valence-corrected chi connectivity index (χ2v) is 7.70. The van der Waals surface area contributed by atoms with Gasteiger partial charge in [0.15, 0.2) is 11.6 Å². The van der Waals surface area contributed by atoms with Crippen molar-refractivity contribution < 1.29 is 29.3 Å². The summed E-state index contributed by atoms with van der Waals surface area (Å²) in [6, 6.07) is 0. The molecule has 5 atom stereocenters. The van der Waals surface area contributed by atoms with Crippen LogP contribution < -0.4 is 0 Å². The summed E-state index contributed by atoms with van der Waals surface area (Å²) in [6.45, 7) is 8.70. The van der Waals surface area contributed by atoms with E-state index >= 15 is 0 Å². The quantitative estimate of drug-likeness (QED) is 0.542. The molecule has 0 fully saturated rings. The van der Waals surface area contributed by atoms with Gasteiger partial charge in [-0.15, -0.1) is 0 Å². The van der Waals surface area contributed by atoms with Crippen molar-refractivity contribution in [3.63, 3.8) is 0 Å². The molecule has 140 valence electrons. The van der Waals surface area contributed by atoms with E-state index in [-0.39, 0.29) is 12.0 Å². The number of carbonyl (C=O) groups excluding carboxylic acids is 3. The number of esters is 1. The number of fused-ring (bicyclic) bond motifs is 4. The summed E-state index contributed by atoms with van der Waals surface area (Å²) in [6.07, 6.45) is 0.0470. The van der Waals surface area contributed by atoms with Gasteiger partial charge in [-0.1, -0.05) is 24.6 Å². The van der Waals surface area contributed by atoms with Crippen molar-refractivity contribution in [3.8, 4) is 0 Å². The van der Waals surface area contributed by atoms with Gasteiger partial charge in [0, 0.05) is 23.5 Å². The van der Waals surface area contributed by atoms with Gasteiger partial charge >= 0.3 is 5.97 Å². The van der Waals surface area contributed by atoms with Gasteiger partial charge in [0.2, 0.25) is 0 Å². The molecular weight excluding hydrogens is 336 g/mol. The standard InChI is InChI=1S/C20H24O6/c1-9(2)13-6-5-12-7-14(26-19(12)24)15-10(3)8-20(25,18(15)23)11(4)16(21)17(13)22/h7,11,13-14,17,22,25H,1,5-6,8H2,2-4H3/t11-,13+,14-,17+,20-/m1/s1. The van der Waals surface area contributed by atoms with Crippen molar-refractivity contribution in [1.82, 2.24) is 0 Å². The Morgan fingerprint density at radius 2 is 2.00 bits per heavy atom. The predicted molar refractivity (Wildman–Crippen MR) is 93.0 cm³/mol. The maximum Gasteiger partial charge on any atom is 0.334 e. The van der Waals surface area contributed by atoms with Gasteiger partial charge in [0.25, 0.3) is 0 Å². The molecule has 0 amide bonds. The number of aliphatic hydroxyl groups excluding tert-OH is 1. The van der Waals surface area contributed by atoms with Crippen molar-refractivity contribution in [2.75, 3.05) is 0 Å². The summed E-state index contributed by atoms with van der Waals surface area (Å²) in [4.78, 5) is 38.0. The summed E-state index contributed by atoms with van der Waals surface area (Å²) in [5.74, 6) is -3.35. The Bertz CT molecular complexity index is 773. The van der Waals surface area contributed by atoms with Crippen LogP contribution in [-0.2, 0) is 19.1 Å². The van der Waals surface area contributed by atoms with Crippen LogP contribution in [0, 0.1) is 11.8 Å². The van der Waals surface area contributed by atoms with Gasteiger partial charge in [-0.2, -0.15) is 0 Å². The first-order valence-corrected chi connectivity index (χ1v) is 8.83. The Kier molecular flexibility index (Phi) is 4.53. The average molecular weight is 360 g/mol. The number of ether oxygens (including phenoxy) is 1. The lowest BCUT2D eigenvalue weighted by Gasteiger charge is -2.32. The zero-order valence-electron chi connectivity index (χ0n) is 15.2. The van der Waals surface area contributed by atoms with Crippen molar-refractivity contribution in [2.45, 2.75) is 57.8 Å². The lowest BCUT2D eigenvalue weighted by molar-refractivity contribution is -0.151. The molecule has 3 rings (SSSR count). The molecule has 2 N–H and O–H groups in total. The normalized spacial score (nSPS) is 37.9. The molecule has 3 aliphatic rings. The van der Waals surface area contributed by atoms with Gasteiger partial charge in [0.1, 0.15) is 17.8 Å². The Morgan fingerprint density at radius 1 is 1.35 bits per heavy atom. The Labute approximate surface area is 152 Å². The van der Waals surface area contributed by atoms with E-state index in [4.69, 9.17) is 4.74 Å². The van der Waals surface area contributed by atoms with Gasteiger partial charge in [-0.25, -0.2) is 4.79 Å². The van der Waals surface area contributed by atoms with Crippen molar-refractivity contribution in [3.05, 3.63) is 34.9 Å². The van der Waals surface area contributed by atoms with Crippen LogP contribution in [0.5, 0.6) is 0 Å². The van der Waals surface area contributed by atoms with E-state index in [1.54, 1.807) is 19.9 Å². The third-order valence-corrected chi connectivity index (χ3v) is 5.94. The average Bonchev–Trinajstić information content (AvgIpc) is 3.03. The van der Waals surface area contributed by atoms with E-state index in [2.05, 4.69) is 6.58 Å². The first kappa shape index (κ1) is 18.7. The van der Waals surface area contributed by atoms with Crippen molar-refractivity contribution in [1.29, 1.82) is 0 Å². The first-order chi connectivity index (χ1) is 12.1. The highest BCUT2D eigenvalue weighted by Crippen LogP contribution is 2.42. The summed E-state index contributed by atoms with van der Waals surface area (Å²) in [5.41, 5.74) is -0.0738. The van der Waals surface area contributed by atoms with Crippen molar-refractivity contribution in [2.24, 2.45) is 11.8 Å². The molecule has 0 aromatic carbocycles. The maximum absolute atomic E-state index is 12.9. The molecule has 0 radical (unpaired) electrons. The summed E-state index contributed by atoms with van der Waals surface area (Å²) >= 11 is 0. The fourth-order valence-corrected chi connectivity index (χ4v) is 4.21. The molecule has 0 aromatic heterocycles. The van der Waals surface area contributed by atoms with E-state index in [1.165, 1.54) is 6.92 Å². The zero-order valence-corrected chi connectivity index (χ0v) is 15.2. The van der Waals surface area contributed by atoms with E-state index < -0.39 is 47.2 Å². The molecule has 2 aliphatic carbocycles. The molecule has 6 heteroatoms. The number of ketones is 2. The third-order valence-electron chi connectivity index (χ3n) is 5.94. The molecular formula is C20H24O6. The molecule has 4 bridgehead atoms. The molecule has 0 aromatic rings. The monoisotopic (exact) mass is 360 g/mol. The predicted octanol–water partition coefficient (Wildman–Crippen LogP) is 1.41. The van der Waals surface area contributed by atoms with Crippen LogP contribution in [0.15, 0.2) is 34.9 Å². The number of hydrogen-bond acceptors (Lipinski definition) is 6. The smallest absolute Gasteiger partial charge is 0.334 e. The van der Waals surface area contributed by atoms with Gasteiger partial charge in [0.05, 0.1) is 5.92 Å². The van der Waals surface area contributed by atoms with Crippen LogP contribution in [0.25, 0.3) is 0 Å². The van der Waals surface area contributed by atoms with Crippen LogP contribution in [-0.4, -0.2) is 45.6 Å². The highest BCUT2D eigenvalue weighted by atomic mass is 16.5. The molecule has 26 heavy (non-hydrogen) atoms. The van der Waals surface area contributed by atoms with E-state index in [0.29, 0.717) is 29.6 Å². The minimum absolute atomic E-state index is 0.0181. The largest absolute Gasteiger partial charge is 0.450 e. The molecule has 0 saturated heterocycles. The van der Waals surface area contributed by atoms with Crippen LogP contribution in [0.4, 0.5) is 0 Å². The summed E-state index contributed by atoms with van der Waals surface area (Å²) in [7, 11) is 0. The van der Waals surface area contributed by atoms with Gasteiger partial charge < -0.3 is 14.9 Å². The van der Waals surface area contributed by atoms with Crippen LogP contribution in [0.2, 0.25) is 0 Å². The molecule has 0 saturated carbocycles. The molecule has 0 spiro atoms. The minimum Gasteiger partial charge on any atom is -0.450 e. The minimum atomic E-state index is -1.93. The number of Topliss-reactive ketones (excluding diaryl/α,β-unsaturated/α-hetero) is 2. The SMILES string of the molecule is C=C(C)[C@@H]1CCC2=C[C@@H](OC2=O)C2=C(C)C[C@](O)(C2=O)[C@H](C)C(=O)[C@H]1O. The number of aliphatic hydroxyl groups is 2. The van der Waals surface area contributed by atoms with E-state index in [0.717, 1.165) is 0 Å². The van der Waals surface area contributed by atoms with E-state index in [9.17, 15) is 24.6 Å². The first-order valence-electron chi connectivity index (χ1n) is 8.83. The maximum atomic E-state index is 12.9. The van der Waals surface area contributed by atoms with Crippen LogP contribution >= 0.6 is 0 Å². The number of rotatable bonds is 1. The lowest BCUT2D eigenvalue weighted by Crippen LogP contribution is -2.50. The highest BCUT2D eigenvalue weighted by molar-refractivity contribution is 6.10. The van der Waals surface area contributed by atoms with E-state index in [1.807, 2.05) is 0 Å². The Hall–Kier alpha value is -2.05. The second-order valence-electron chi connectivity index (χ2n) is 7.70. The molecule has 1 heterocycles. The fraction of sp³-hybridized carbons (Fsp3) is 0.550. The molecule has 6 nitrogen and oxygen atoms in total. The van der Waals surface area contributed by atoms with Crippen LogP contribution in [0.1, 0.15) is 40.0 Å². The second kappa shape index (κ2) is 6.28. The number of carbonyl (C=O) groups is 3. The summed E-state index contributed by atoms with van der Waals surface area (Å²) in [5, 5.41) is 21.6.